The molecule has 33 heavy (non-hydrogen) atoms. The minimum absolute atomic E-state index is 0.194. The highest BCUT2D eigenvalue weighted by atomic mass is 16.1. The summed E-state index contributed by atoms with van der Waals surface area (Å²) in [6.07, 6.45) is 6.73. The Morgan fingerprint density at radius 3 is 2.48 bits per heavy atom. The van der Waals surface area contributed by atoms with E-state index >= 15 is 0 Å². The lowest BCUT2D eigenvalue weighted by atomic mass is 10.1. The van der Waals surface area contributed by atoms with Crippen molar-refractivity contribution < 1.29 is 4.79 Å². The van der Waals surface area contributed by atoms with Gasteiger partial charge in [-0.1, -0.05) is 43.2 Å². The number of hydrogen-bond donors (Lipinski definition) is 1. The van der Waals surface area contributed by atoms with Gasteiger partial charge in [-0.2, -0.15) is 5.10 Å². The second-order valence-electron chi connectivity index (χ2n) is 8.51. The third kappa shape index (κ3) is 4.58. The van der Waals surface area contributed by atoms with E-state index in [1.165, 1.54) is 25.7 Å². The van der Waals surface area contributed by atoms with Crippen molar-refractivity contribution in [3.05, 3.63) is 72.1 Å². The monoisotopic (exact) mass is 440 g/mol. The molecule has 168 valence electrons. The van der Waals surface area contributed by atoms with Crippen LogP contribution in [0, 0.1) is 0 Å². The molecule has 1 amide bonds. The van der Waals surface area contributed by atoms with E-state index in [1.807, 2.05) is 48.1 Å². The van der Waals surface area contributed by atoms with Gasteiger partial charge in [-0.25, -0.2) is 9.67 Å². The molecule has 1 fully saturated rings. The van der Waals surface area contributed by atoms with Gasteiger partial charge in [0.15, 0.2) is 5.65 Å². The quantitative estimate of drug-likeness (QED) is 0.500. The summed E-state index contributed by atoms with van der Waals surface area (Å²) in [7, 11) is 1.92. The lowest BCUT2D eigenvalue weighted by Gasteiger charge is -2.21. The number of carbonyl (C=O) groups excluding carboxylic acids is 1. The molecule has 0 bridgehead atoms. The molecular formula is C26H28N6O. The normalized spacial score (nSPS) is 14.3. The second kappa shape index (κ2) is 9.40. The van der Waals surface area contributed by atoms with Crippen LogP contribution in [0.25, 0.3) is 22.3 Å². The summed E-state index contributed by atoms with van der Waals surface area (Å²) in [5.74, 6) is 0.822. The molecule has 1 aliphatic heterocycles. The standard InChI is InChI=1S/C26H28N6O/c1-31-25-21(12-14-23(29-25)32-15-7-2-3-8-16-32)24(30-31)20-11-13-22(27-18-20)26(33)28-17-19-9-5-4-6-10-19/h4-6,9-14,18H,2-3,7-8,15-17H2,1H3,(H,28,33). The van der Waals surface area contributed by atoms with Gasteiger partial charge in [0.1, 0.15) is 17.2 Å². The summed E-state index contributed by atoms with van der Waals surface area (Å²) >= 11 is 0. The number of aryl methyl sites for hydroxylation is 1. The van der Waals surface area contributed by atoms with Gasteiger partial charge < -0.3 is 10.2 Å². The fourth-order valence-corrected chi connectivity index (χ4v) is 4.35. The summed E-state index contributed by atoms with van der Waals surface area (Å²) < 4.78 is 1.83. The van der Waals surface area contributed by atoms with Crippen molar-refractivity contribution in [2.45, 2.75) is 32.2 Å². The molecule has 3 aromatic heterocycles. The maximum atomic E-state index is 12.5. The van der Waals surface area contributed by atoms with E-state index < -0.39 is 0 Å². The number of benzene rings is 1. The molecule has 4 heterocycles. The van der Waals surface area contributed by atoms with Crippen LogP contribution in [0.1, 0.15) is 41.7 Å². The molecule has 1 N–H and O–H groups in total. The molecule has 0 unspecified atom stereocenters. The van der Waals surface area contributed by atoms with Gasteiger partial charge in [0.05, 0.1) is 0 Å². The summed E-state index contributed by atoms with van der Waals surface area (Å²) in [6, 6.07) is 17.7. The number of rotatable bonds is 5. The van der Waals surface area contributed by atoms with E-state index in [1.54, 1.807) is 12.3 Å². The van der Waals surface area contributed by atoms with Crippen LogP contribution in [-0.4, -0.2) is 38.7 Å². The molecule has 1 saturated heterocycles. The number of pyridine rings is 2. The highest BCUT2D eigenvalue weighted by Crippen LogP contribution is 2.29. The van der Waals surface area contributed by atoms with Crippen LogP contribution in [0.2, 0.25) is 0 Å². The van der Waals surface area contributed by atoms with Crippen LogP contribution >= 0.6 is 0 Å². The van der Waals surface area contributed by atoms with E-state index in [0.29, 0.717) is 12.2 Å². The summed E-state index contributed by atoms with van der Waals surface area (Å²) in [6.45, 7) is 2.58. The van der Waals surface area contributed by atoms with Crippen molar-refractivity contribution in [3.8, 4) is 11.3 Å². The highest BCUT2D eigenvalue weighted by molar-refractivity contribution is 5.94. The topological polar surface area (TPSA) is 75.9 Å². The molecule has 0 saturated carbocycles. The fraction of sp³-hybridized carbons (Fsp3) is 0.308. The molecule has 0 spiro atoms. The summed E-state index contributed by atoms with van der Waals surface area (Å²) in [5.41, 5.74) is 3.98. The lowest BCUT2D eigenvalue weighted by molar-refractivity contribution is 0.0946. The van der Waals surface area contributed by atoms with Crippen molar-refractivity contribution in [3.63, 3.8) is 0 Å². The minimum atomic E-state index is -0.194. The zero-order chi connectivity index (χ0) is 22.6. The first kappa shape index (κ1) is 21.1. The fourth-order valence-electron chi connectivity index (χ4n) is 4.35. The van der Waals surface area contributed by atoms with E-state index in [9.17, 15) is 4.79 Å². The van der Waals surface area contributed by atoms with Crippen molar-refractivity contribution >= 4 is 22.8 Å². The number of hydrogen-bond acceptors (Lipinski definition) is 5. The Hall–Kier alpha value is -3.74. The SMILES string of the molecule is Cn1nc(-c2ccc(C(=O)NCc3ccccc3)nc2)c2ccc(N3CCCCCC3)nc21. The molecule has 7 nitrogen and oxygen atoms in total. The van der Waals surface area contributed by atoms with Crippen LogP contribution < -0.4 is 10.2 Å². The van der Waals surface area contributed by atoms with Crippen molar-refractivity contribution in [2.24, 2.45) is 7.05 Å². The van der Waals surface area contributed by atoms with E-state index in [2.05, 4.69) is 27.3 Å². The van der Waals surface area contributed by atoms with Crippen LogP contribution in [0.5, 0.6) is 0 Å². The van der Waals surface area contributed by atoms with Crippen LogP contribution in [0.15, 0.2) is 60.8 Å². The van der Waals surface area contributed by atoms with E-state index in [4.69, 9.17) is 10.1 Å². The van der Waals surface area contributed by atoms with Gasteiger partial charge in [0.25, 0.3) is 5.91 Å². The number of nitrogens with zero attached hydrogens (tertiary/aromatic N) is 5. The zero-order valence-electron chi connectivity index (χ0n) is 18.9. The Balaban J connectivity index is 1.35. The summed E-state index contributed by atoms with van der Waals surface area (Å²) in [5, 5.41) is 8.61. The second-order valence-corrected chi connectivity index (χ2v) is 8.51. The smallest absolute Gasteiger partial charge is 0.270 e. The molecule has 1 aliphatic rings. The van der Waals surface area contributed by atoms with Gasteiger partial charge in [-0.15, -0.1) is 0 Å². The van der Waals surface area contributed by atoms with E-state index in [0.717, 1.165) is 46.8 Å². The first-order valence-electron chi connectivity index (χ1n) is 11.6. The van der Waals surface area contributed by atoms with Crippen molar-refractivity contribution in [1.82, 2.24) is 25.1 Å². The predicted octanol–water partition coefficient (Wildman–Crippen LogP) is 4.34. The third-order valence-corrected chi connectivity index (χ3v) is 6.17. The molecule has 0 radical (unpaired) electrons. The average molecular weight is 441 g/mol. The minimum Gasteiger partial charge on any atom is -0.357 e. The third-order valence-electron chi connectivity index (χ3n) is 6.17. The molecule has 7 heteroatoms. The molecule has 0 atom stereocenters. The zero-order valence-corrected chi connectivity index (χ0v) is 18.9. The largest absolute Gasteiger partial charge is 0.357 e. The van der Waals surface area contributed by atoms with E-state index in [-0.39, 0.29) is 5.91 Å². The van der Waals surface area contributed by atoms with Gasteiger partial charge in [0.2, 0.25) is 0 Å². The average Bonchev–Trinajstić information content (AvgIpc) is 3.02. The number of aromatic nitrogens is 4. The number of fused-ring (bicyclic) bond motifs is 1. The first-order valence-corrected chi connectivity index (χ1v) is 11.6. The Bertz CT molecular complexity index is 1240. The number of amides is 1. The Morgan fingerprint density at radius 2 is 1.76 bits per heavy atom. The Labute approximate surface area is 193 Å². The maximum Gasteiger partial charge on any atom is 0.270 e. The first-order chi connectivity index (χ1) is 16.2. The van der Waals surface area contributed by atoms with Crippen LogP contribution in [-0.2, 0) is 13.6 Å². The molecular weight excluding hydrogens is 412 g/mol. The van der Waals surface area contributed by atoms with Gasteiger partial charge in [-0.05, 0) is 42.7 Å². The van der Waals surface area contributed by atoms with Gasteiger partial charge >= 0.3 is 0 Å². The Morgan fingerprint density at radius 1 is 0.970 bits per heavy atom. The molecule has 5 rings (SSSR count). The van der Waals surface area contributed by atoms with Gasteiger partial charge in [-0.3, -0.25) is 9.78 Å². The van der Waals surface area contributed by atoms with Gasteiger partial charge in [0, 0.05) is 43.8 Å². The van der Waals surface area contributed by atoms with Crippen molar-refractivity contribution in [2.75, 3.05) is 18.0 Å². The number of carbonyl (C=O) groups is 1. The maximum absolute atomic E-state index is 12.5. The molecule has 1 aromatic carbocycles. The number of anilines is 1. The molecule has 0 aliphatic carbocycles. The Kier molecular flexibility index (Phi) is 6.02. The van der Waals surface area contributed by atoms with Crippen LogP contribution in [0.4, 0.5) is 5.82 Å². The molecule has 4 aromatic rings. The highest BCUT2D eigenvalue weighted by Gasteiger charge is 2.17. The summed E-state index contributed by atoms with van der Waals surface area (Å²) in [4.78, 5) is 24.2. The lowest BCUT2D eigenvalue weighted by Crippen LogP contribution is -2.24. The van der Waals surface area contributed by atoms with Crippen molar-refractivity contribution in [1.29, 1.82) is 0 Å². The predicted molar refractivity (Wildman–Crippen MR) is 130 cm³/mol. The van der Waals surface area contributed by atoms with Crippen LogP contribution in [0.3, 0.4) is 0 Å². The number of nitrogens with one attached hydrogen (secondary N) is 1.